The van der Waals surface area contributed by atoms with Crippen molar-refractivity contribution < 1.29 is 8.42 Å². The first-order valence-corrected chi connectivity index (χ1v) is 7.47. The fourth-order valence-corrected chi connectivity index (χ4v) is 3.04. The van der Waals surface area contributed by atoms with Gasteiger partial charge in [-0.2, -0.15) is 0 Å². The molecule has 2 aromatic rings. The minimum Gasteiger partial charge on any atom is -0.321 e. The van der Waals surface area contributed by atoms with E-state index < -0.39 is 10.0 Å². The Morgan fingerprint density at radius 1 is 1.47 bits per heavy atom. The second-order valence-electron chi connectivity index (χ2n) is 3.50. The van der Waals surface area contributed by atoms with E-state index in [1.165, 1.54) is 12.3 Å². The molecule has 0 aromatic carbocycles. The van der Waals surface area contributed by atoms with Gasteiger partial charge >= 0.3 is 4.87 Å². The lowest BCUT2D eigenvalue weighted by Gasteiger charge is -2.08. The summed E-state index contributed by atoms with van der Waals surface area (Å²) in [5, 5.41) is 1.35. The summed E-state index contributed by atoms with van der Waals surface area (Å²) in [6, 6.07) is 3.05. The van der Waals surface area contributed by atoms with Gasteiger partial charge in [0.05, 0.1) is 12.2 Å². The molecule has 0 fully saturated rings. The molecule has 0 saturated carbocycles. The van der Waals surface area contributed by atoms with Crippen LogP contribution in [0.4, 0.5) is 5.69 Å². The Hall–Kier alpha value is -1.75. The Morgan fingerprint density at radius 2 is 2.26 bits per heavy atom. The fourth-order valence-electron chi connectivity index (χ4n) is 1.36. The van der Waals surface area contributed by atoms with Crippen LogP contribution in [0.1, 0.15) is 5.69 Å². The van der Waals surface area contributed by atoms with E-state index in [0.717, 1.165) is 11.3 Å². The van der Waals surface area contributed by atoms with Crippen LogP contribution >= 0.6 is 11.3 Å². The van der Waals surface area contributed by atoms with Crippen LogP contribution in [0.25, 0.3) is 0 Å². The van der Waals surface area contributed by atoms with Gasteiger partial charge in [-0.15, -0.1) is 0 Å². The number of hydrogen-bond donors (Lipinski definition) is 4. The number of nitrogens with zero attached hydrogens (tertiary/aromatic N) is 1. The van der Waals surface area contributed by atoms with Crippen LogP contribution in [-0.2, 0) is 16.6 Å². The van der Waals surface area contributed by atoms with Gasteiger partial charge in [0.25, 0.3) is 10.0 Å². The van der Waals surface area contributed by atoms with Crippen LogP contribution in [0.3, 0.4) is 0 Å². The average Bonchev–Trinajstić information content (AvgIpc) is 2.82. The van der Waals surface area contributed by atoms with Crippen molar-refractivity contribution in [2.24, 2.45) is 5.84 Å². The Labute approximate surface area is 112 Å². The predicted octanol–water partition coefficient (Wildman–Crippen LogP) is -0.404. The van der Waals surface area contributed by atoms with Crippen molar-refractivity contribution in [2.75, 3.05) is 5.43 Å². The summed E-state index contributed by atoms with van der Waals surface area (Å²) in [7, 11) is -3.81. The number of hydrogen-bond acceptors (Lipinski definition) is 7. The highest BCUT2D eigenvalue weighted by Crippen LogP contribution is 2.16. The van der Waals surface area contributed by atoms with Gasteiger partial charge in [-0.25, -0.2) is 18.1 Å². The summed E-state index contributed by atoms with van der Waals surface area (Å²) >= 11 is 0.965. The van der Waals surface area contributed by atoms with Gasteiger partial charge in [0.1, 0.15) is 0 Å². The maximum absolute atomic E-state index is 12.0. The molecule has 0 unspecified atom stereocenters. The maximum atomic E-state index is 12.0. The molecule has 2 aromatic heterocycles. The molecule has 5 N–H and O–H groups in total. The second kappa shape index (κ2) is 5.48. The zero-order chi connectivity index (χ0) is 13.9. The van der Waals surface area contributed by atoms with Crippen LogP contribution in [0, 0.1) is 0 Å². The van der Waals surface area contributed by atoms with Crippen molar-refractivity contribution in [3.63, 3.8) is 0 Å². The van der Waals surface area contributed by atoms with Crippen molar-refractivity contribution in [1.29, 1.82) is 0 Å². The third kappa shape index (κ3) is 3.17. The molecule has 0 aliphatic rings. The first-order valence-electron chi connectivity index (χ1n) is 5.11. The Kier molecular flexibility index (Phi) is 3.95. The normalized spacial score (nSPS) is 11.4. The smallest absolute Gasteiger partial charge is 0.304 e. The van der Waals surface area contributed by atoms with E-state index in [-0.39, 0.29) is 22.1 Å². The number of nitrogens with two attached hydrogens (primary N) is 1. The molecule has 0 spiro atoms. The number of nitrogen functional groups attached to an aromatic ring is 1. The summed E-state index contributed by atoms with van der Waals surface area (Å²) in [6.45, 7) is -0.0261. The first-order chi connectivity index (χ1) is 9.03. The SMILES string of the molecule is NNc1cccnc1S(=O)(=O)NCc1csc(=O)[nH]1. The van der Waals surface area contributed by atoms with Crippen LogP contribution in [0.15, 0.2) is 33.5 Å². The lowest BCUT2D eigenvalue weighted by Crippen LogP contribution is -2.26. The summed E-state index contributed by atoms with van der Waals surface area (Å²) in [6.07, 6.45) is 1.35. The molecule has 2 rings (SSSR count). The minimum atomic E-state index is -3.81. The lowest BCUT2D eigenvalue weighted by molar-refractivity contribution is 0.577. The number of aromatic amines is 1. The molecule has 0 radical (unpaired) electrons. The summed E-state index contributed by atoms with van der Waals surface area (Å²) in [5.74, 6) is 5.23. The summed E-state index contributed by atoms with van der Waals surface area (Å²) in [5.41, 5.74) is 2.94. The van der Waals surface area contributed by atoms with Crippen molar-refractivity contribution >= 4 is 27.0 Å². The number of rotatable bonds is 5. The number of anilines is 1. The third-order valence-electron chi connectivity index (χ3n) is 2.20. The largest absolute Gasteiger partial charge is 0.321 e. The van der Waals surface area contributed by atoms with Gasteiger partial charge in [0, 0.05) is 17.3 Å². The van der Waals surface area contributed by atoms with Crippen LogP contribution in [0.5, 0.6) is 0 Å². The van der Waals surface area contributed by atoms with Crippen molar-refractivity contribution in [2.45, 2.75) is 11.6 Å². The summed E-state index contributed by atoms with van der Waals surface area (Å²) in [4.78, 5) is 17.0. The minimum absolute atomic E-state index is 0.0261. The molecule has 0 aliphatic heterocycles. The topological polar surface area (TPSA) is 130 Å². The Morgan fingerprint density at radius 3 is 2.89 bits per heavy atom. The van der Waals surface area contributed by atoms with E-state index in [1.807, 2.05) is 0 Å². The molecular weight excluding hydrogens is 290 g/mol. The number of aromatic nitrogens is 2. The zero-order valence-electron chi connectivity index (χ0n) is 9.58. The molecule has 2 heterocycles. The van der Waals surface area contributed by atoms with E-state index in [4.69, 9.17) is 5.84 Å². The van der Waals surface area contributed by atoms with E-state index in [0.29, 0.717) is 5.69 Å². The molecule has 0 aliphatic carbocycles. The number of thiazole rings is 1. The van der Waals surface area contributed by atoms with E-state index >= 15 is 0 Å². The molecule has 102 valence electrons. The highest BCUT2D eigenvalue weighted by Gasteiger charge is 2.19. The van der Waals surface area contributed by atoms with Gasteiger partial charge in [-0.05, 0) is 12.1 Å². The first kappa shape index (κ1) is 13.7. The summed E-state index contributed by atoms with van der Waals surface area (Å²) < 4.78 is 26.4. The molecule has 0 atom stereocenters. The van der Waals surface area contributed by atoms with E-state index in [1.54, 1.807) is 11.4 Å². The van der Waals surface area contributed by atoms with Gasteiger partial charge in [0.2, 0.25) is 0 Å². The standard InChI is InChI=1S/C9H11N5O3S2/c10-14-7-2-1-3-11-8(7)19(16,17)12-4-6-5-18-9(15)13-6/h1-3,5,12,14H,4,10H2,(H,13,15). The fraction of sp³-hybridized carbons (Fsp3) is 0.111. The molecule has 0 amide bonds. The highest BCUT2D eigenvalue weighted by molar-refractivity contribution is 7.89. The highest BCUT2D eigenvalue weighted by atomic mass is 32.2. The van der Waals surface area contributed by atoms with E-state index in [2.05, 4.69) is 20.1 Å². The molecular formula is C9H11N5O3S2. The second-order valence-corrected chi connectivity index (χ2v) is 6.02. The predicted molar refractivity (Wildman–Crippen MR) is 71.0 cm³/mol. The van der Waals surface area contributed by atoms with Gasteiger partial charge in [0.15, 0.2) is 5.03 Å². The molecule has 8 nitrogen and oxygen atoms in total. The van der Waals surface area contributed by atoms with Crippen molar-refractivity contribution in [3.05, 3.63) is 39.1 Å². The Balaban J connectivity index is 2.20. The molecule has 0 bridgehead atoms. The Bertz CT molecular complexity index is 721. The molecule has 10 heteroatoms. The number of hydrazine groups is 1. The van der Waals surface area contributed by atoms with Gasteiger partial charge < -0.3 is 10.4 Å². The maximum Gasteiger partial charge on any atom is 0.304 e. The van der Waals surface area contributed by atoms with Crippen molar-refractivity contribution in [3.8, 4) is 0 Å². The molecule has 19 heavy (non-hydrogen) atoms. The number of H-pyrrole nitrogens is 1. The van der Waals surface area contributed by atoms with Gasteiger partial charge in [-0.3, -0.25) is 10.6 Å². The van der Waals surface area contributed by atoms with Crippen LogP contribution in [0.2, 0.25) is 0 Å². The van der Waals surface area contributed by atoms with Gasteiger partial charge in [-0.1, -0.05) is 11.3 Å². The molecule has 0 saturated heterocycles. The van der Waals surface area contributed by atoms with Crippen molar-refractivity contribution in [1.82, 2.24) is 14.7 Å². The van der Waals surface area contributed by atoms with E-state index in [9.17, 15) is 13.2 Å². The number of pyridine rings is 1. The zero-order valence-corrected chi connectivity index (χ0v) is 11.2. The average molecular weight is 301 g/mol. The quantitative estimate of drug-likeness (QED) is 0.439. The van der Waals surface area contributed by atoms with Crippen LogP contribution < -0.4 is 20.9 Å². The number of nitrogens with one attached hydrogen (secondary N) is 3. The monoisotopic (exact) mass is 301 g/mol. The van der Waals surface area contributed by atoms with Crippen LogP contribution in [-0.4, -0.2) is 18.4 Å². The third-order valence-corrected chi connectivity index (χ3v) is 4.28. The lowest BCUT2D eigenvalue weighted by atomic mass is 10.4. The number of sulfonamides is 1.